The summed E-state index contributed by atoms with van der Waals surface area (Å²) in [6, 6.07) is 11.9. The summed E-state index contributed by atoms with van der Waals surface area (Å²) in [5.74, 6) is -1.85. The molecule has 0 radical (unpaired) electrons. The molecule has 0 saturated heterocycles. The molecule has 8 heteroatoms. The average Bonchev–Trinajstić information content (AvgIpc) is 2.76. The molecule has 7 nitrogen and oxygen atoms in total. The molecule has 1 unspecified atom stereocenters. The van der Waals surface area contributed by atoms with Crippen LogP contribution in [0.15, 0.2) is 59.8 Å². The number of esters is 1. The van der Waals surface area contributed by atoms with Crippen LogP contribution in [0.1, 0.15) is 50.2 Å². The first-order chi connectivity index (χ1) is 15.3. The van der Waals surface area contributed by atoms with Crippen molar-refractivity contribution in [1.82, 2.24) is 4.90 Å². The van der Waals surface area contributed by atoms with Gasteiger partial charge >= 0.3 is 5.97 Å². The Labute approximate surface area is 185 Å². The van der Waals surface area contributed by atoms with E-state index in [0.29, 0.717) is 35.2 Å². The third-order valence-corrected chi connectivity index (χ3v) is 5.36. The van der Waals surface area contributed by atoms with Gasteiger partial charge in [0, 0.05) is 30.2 Å². The van der Waals surface area contributed by atoms with Crippen molar-refractivity contribution < 1.29 is 23.6 Å². The number of hydrogen-bond donors (Lipinski definition) is 0. The SMILES string of the molecule is CCCC1=C(C(=O)OCC)C(c2cccc(F)c2)CC(=O)N1Cc1cccc([N+](=O)[O-])c1. The van der Waals surface area contributed by atoms with Gasteiger partial charge in [-0.3, -0.25) is 14.9 Å². The zero-order valence-electron chi connectivity index (χ0n) is 18.0. The van der Waals surface area contributed by atoms with E-state index in [9.17, 15) is 24.1 Å². The number of halogens is 1. The van der Waals surface area contributed by atoms with Gasteiger partial charge in [-0.1, -0.05) is 37.6 Å². The fourth-order valence-corrected chi connectivity index (χ4v) is 4.00. The molecule has 0 saturated carbocycles. The minimum atomic E-state index is -0.625. The molecule has 0 bridgehead atoms. The molecule has 2 aromatic rings. The predicted octanol–water partition coefficient (Wildman–Crippen LogP) is 4.87. The van der Waals surface area contributed by atoms with Gasteiger partial charge in [-0.15, -0.1) is 0 Å². The first-order valence-corrected chi connectivity index (χ1v) is 10.5. The number of allylic oxidation sites excluding steroid dienone is 1. The summed E-state index contributed by atoms with van der Waals surface area (Å²) in [4.78, 5) is 38.4. The number of carbonyl (C=O) groups is 2. The molecule has 2 aromatic carbocycles. The number of non-ortho nitro benzene ring substituents is 1. The second kappa shape index (κ2) is 10.2. The minimum Gasteiger partial charge on any atom is -0.463 e. The maximum Gasteiger partial charge on any atom is 0.336 e. The van der Waals surface area contributed by atoms with Crippen molar-refractivity contribution in [3.05, 3.63) is 86.9 Å². The number of nitro groups is 1. The molecule has 0 aliphatic carbocycles. The Morgan fingerprint density at radius 2 is 1.97 bits per heavy atom. The molecular formula is C24H25FN2O5. The van der Waals surface area contributed by atoms with Gasteiger partial charge in [0.1, 0.15) is 5.82 Å². The molecule has 32 heavy (non-hydrogen) atoms. The van der Waals surface area contributed by atoms with Crippen LogP contribution < -0.4 is 0 Å². The third-order valence-electron chi connectivity index (χ3n) is 5.36. The van der Waals surface area contributed by atoms with Crippen molar-refractivity contribution in [3.63, 3.8) is 0 Å². The number of hydrogen-bond acceptors (Lipinski definition) is 5. The Morgan fingerprint density at radius 1 is 1.22 bits per heavy atom. The molecule has 1 atom stereocenters. The summed E-state index contributed by atoms with van der Waals surface area (Å²) in [6.07, 6.45) is 1.06. The lowest BCUT2D eigenvalue weighted by Crippen LogP contribution is -2.39. The van der Waals surface area contributed by atoms with Crippen molar-refractivity contribution in [2.45, 2.75) is 45.6 Å². The van der Waals surface area contributed by atoms with Crippen molar-refractivity contribution >= 4 is 17.6 Å². The van der Waals surface area contributed by atoms with Gasteiger partial charge in [0.25, 0.3) is 5.69 Å². The maximum atomic E-state index is 13.9. The van der Waals surface area contributed by atoms with Gasteiger partial charge in [0.2, 0.25) is 5.91 Å². The number of benzene rings is 2. The van der Waals surface area contributed by atoms with Crippen LogP contribution in [-0.4, -0.2) is 28.3 Å². The van der Waals surface area contributed by atoms with Crippen LogP contribution in [0.3, 0.4) is 0 Å². The molecule has 1 amide bonds. The zero-order chi connectivity index (χ0) is 23.3. The van der Waals surface area contributed by atoms with E-state index in [2.05, 4.69) is 0 Å². The Hall–Kier alpha value is -3.55. The van der Waals surface area contributed by atoms with E-state index >= 15 is 0 Å². The van der Waals surface area contributed by atoms with Gasteiger partial charge in [0.15, 0.2) is 0 Å². The Kier molecular flexibility index (Phi) is 7.35. The Morgan fingerprint density at radius 3 is 2.62 bits per heavy atom. The number of rotatable bonds is 8. The van der Waals surface area contributed by atoms with Crippen LogP contribution in [0.2, 0.25) is 0 Å². The summed E-state index contributed by atoms with van der Waals surface area (Å²) >= 11 is 0. The molecule has 1 aliphatic heterocycles. The highest BCUT2D eigenvalue weighted by atomic mass is 19.1. The summed E-state index contributed by atoms with van der Waals surface area (Å²) in [7, 11) is 0. The highest BCUT2D eigenvalue weighted by Crippen LogP contribution is 2.39. The van der Waals surface area contributed by atoms with Crippen LogP contribution in [0, 0.1) is 15.9 Å². The highest BCUT2D eigenvalue weighted by molar-refractivity contribution is 5.96. The second-order valence-electron chi connectivity index (χ2n) is 7.55. The van der Waals surface area contributed by atoms with E-state index in [1.165, 1.54) is 29.2 Å². The monoisotopic (exact) mass is 440 g/mol. The van der Waals surface area contributed by atoms with Crippen LogP contribution >= 0.6 is 0 Å². The molecule has 0 fully saturated rings. The number of amides is 1. The molecular weight excluding hydrogens is 415 g/mol. The van der Waals surface area contributed by atoms with Gasteiger partial charge in [0.05, 0.1) is 23.6 Å². The topological polar surface area (TPSA) is 89.8 Å². The normalized spacial score (nSPS) is 16.3. The van der Waals surface area contributed by atoms with Gasteiger partial charge in [-0.25, -0.2) is 9.18 Å². The van der Waals surface area contributed by atoms with Crippen molar-refractivity contribution in [1.29, 1.82) is 0 Å². The lowest BCUT2D eigenvalue weighted by atomic mass is 9.82. The van der Waals surface area contributed by atoms with Crippen LogP contribution in [0.25, 0.3) is 0 Å². The average molecular weight is 440 g/mol. The fourth-order valence-electron chi connectivity index (χ4n) is 4.00. The number of nitrogens with zero attached hydrogens (tertiary/aromatic N) is 2. The fraction of sp³-hybridized carbons (Fsp3) is 0.333. The van der Waals surface area contributed by atoms with Crippen LogP contribution in [-0.2, 0) is 20.9 Å². The zero-order valence-corrected chi connectivity index (χ0v) is 18.0. The lowest BCUT2D eigenvalue weighted by molar-refractivity contribution is -0.384. The van der Waals surface area contributed by atoms with E-state index in [1.54, 1.807) is 31.2 Å². The summed E-state index contributed by atoms with van der Waals surface area (Å²) in [6.45, 7) is 3.88. The molecule has 3 rings (SSSR count). The van der Waals surface area contributed by atoms with E-state index in [-0.39, 0.29) is 31.2 Å². The molecule has 0 N–H and O–H groups in total. The van der Waals surface area contributed by atoms with Crippen LogP contribution in [0.4, 0.5) is 10.1 Å². The Bertz CT molecular complexity index is 1070. The summed E-state index contributed by atoms with van der Waals surface area (Å²) in [5, 5.41) is 11.1. The molecule has 168 valence electrons. The maximum absolute atomic E-state index is 13.9. The van der Waals surface area contributed by atoms with E-state index in [0.717, 1.165) is 0 Å². The van der Waals surface area contributed by atoms with E-state index in [1.807, 2.05) is 6.92 Å². The summed E-state index contributed by atoms with van der Waals surface area (Å²) in [5.41, 5.74) is 1.89. The van der Waals surface area contributed by atoms with E-state index in [4.69, 9.17) is 4.74 Å². The molecule has 1 aliphatic rings. The quantitative estimate of drug-likeness (QED) is 0.332. The minimum absolute atomic E-state index is 0.0280. The second-order valence-corrected chi connectivity index (χ2v) is 7.55. The number of carbonyl (C=O) groups excluding carboxylic acids is 2. The van der Waals surface area contributed by atoms with Crippen molar-refractivity contribution in [2.24, 2.45) is 0 Å². The molecule has 0 spiro atoms. The Balaban J connectivity index is 2.11. The van der Waals surface area contributed by atoms with E-state index < -0.39 is 22.6 Å². The highest BCUT2D eigenvalue weighted by Gasteiger charge is 2.38. The van der Waals surface area contributed by atoms with Gasteiger partial charge in [-0.2, -0.15) is 0 Å². The van der Waals surface area contributed by atoms with Crippen molar-refractivity contribution in [3.8, 4) is 0 Å². The molecule has 1 heterocycles. The standard InChI is InChI=1S/C24H25FN2O5/c1-3-7-21-23(24(29)32-4-2)20(17-9-6-10-18(25)13-17)14-22(28)26(21)15-16-8-5-11-19(12-16)27(30)31/h5-6,8-13,20H,3-4,7,14-15H2,1-2H3. The third kappa shape index (κ3) is 5.01. The van der Waals surface area contributed by atoms with Gasteiger partial charge in [-0.05, 0) is 36.6 Å². The van der Waals surface area contributed by atoms with Gasteiger partial charge < -0.3 is 9.64 Å². The van der Waals surface area contributed by atoms with Crippen molar-refractivity contribution in [2.75, 3.05) is 6.61 Å². The summed E-state index contributed by atoms with van der Waals surface area (Å²) < 4.78 is 19.2. The number of nitro benzene ring substituents is 1. The number of ether oxygens (including phenoxy) is 1. The predicted molar refractivity (Wildman–Crippen MR) is 116 cm³/mol. The first kappa shape index (κ1) is 23.1. The largest absolute Gasteiger partial charge is 0.463 e. The molecule has 0 aromatic heterocycles. The smallest absolute Gasteiger partial charge is 0.336 e. The lowest BCUT2D eigenvalue weighted by Gasteiger charge is -2.36. The van der Waals surface area contributed by atoms with Crippen LogP contribution in [0.5, 0.6) is 0 Å². The first-order valence-electron chi connectivity index (χ1n) is 10.5.